The van der Waals surface area contributed by atoms with Crippen molar-refractivity contribution in [3.63, 3.8) is 0 Å². The number of amides is 2. The Labute approximate surface area is 170 Å². The summed E-state index contributed by atoms with van der Waals surface area (Å²) in [7, 11) is 0. The number of hydrogen-bond donors (Lipinski definition) is 2. The van der Waals surface area contributed by atoms with Crippen molar-refractivity contribution >= 4 is 52.6 Å². The van der Waals surface area contributed by atoms with Gasteiger partial charge >= 0.3 is 5.97 Å². The molecule has 4 rings (SSSR count). The lowest BCUT2D eigenvalue weighted by Gasteiger charge is -2.53. The van der Waals surface area contributed by atoms with Crippen LogP contribution in [0.5, 0.6) is 0 Å². The van der Waals surface area contributed by atoms with E-state index in [4.69, 9.17) is 0 Å². The van der Waals surface area contributed by atoms with Gasteiger partial charge in [-0.2, -0.15) is 0 Å². The van der Waals surface area contributed by atoms with Crippen LogP contribution in [0.25, 0.3) is 0 Å². The van der Waals surface area contributed by atoms with Crippen molar-refractivity contribution < 1.29 is 19.5 Å². The standard InChI is InChI=1S/C13H14N8O4S3/c22-7(1-20-5-14-18-19-20)16-8-9(23)21-2-13(11(24)25,3-26-10(8)21)4-27-12-17-15-6-28-12/h5-6,8,10H,1-4H2,(H,16,22)(H,24,25)/t8?,10-,13?/m1/s1. The van der Waals surface area contributed by atoms with Gasteiger partial charge in [0.1, 0.15) is 35.2 Å². The molecule has 2 saturated heterocycles. The summed E-state index contributed by atoms with van der Waals surface area (Å²) in [4.78, 5) is 38.1. The van der Waals surface area contributed by atoms with Crippen molar-refractivity contribution in [1.82, 2.24) is 40.6 Å². The Bertz CT molecular complexity index is 878. The number of carbonyl (C=O) groups excluding carboxylic acids is 2. The smallest absolute Gasteiger partial charge is 0.313 e. The number of aliphatic carboxylic acids is 1. The van der Waals surface area contributed by atoms with E-state index in [0.29, 0.717) is 10.1 Å². The zero-order chi connectivity index (χ0) is 19.7. The number of carboxylic acid groups (broad SMARTS) is 1. The minimum absolute atomic E-state index is 0.0915. The Kier molecular flexibility index (Phi) is 5.20. The molecule has 15 heteroatoms. The molecule has 2 fully saturated rings. The minimum Gasteiger partial charge on any atom is -0.481 e. The molecule has 4 heterocycles. The first kappa shape index (κ1) is 19.1. The van der Waals surface area contributed by atoms with E-state index < -0.39 is 17.4 Å². The van der Waals surface area contributed by atoms with Crippen LogP contribution in [0.2, 0.25) is 0 Å². The van der Waals surface area contributed by atoms with Gasteiger partial charge in [-0.1, -0.05) is 23.1 Å². The second kappa shape index (κ2) is 7.63. The normalized spacial score (nSPS) is 26.4. The fourth-order valence-corrected chi connectivity index (χ4v) is 6.30. The van der Waals surface area contributed by atoms with Gasteiger partial charge in [-0.3, -0.25) is 14.4 Å². The van der Waals surface area contributed by atoms with Crippen LogP contribution in [0, 0.1) is 5.41 Å². The van der Waals surface area contributed by atoms with Crippen LogP contribution in [0.3, 0.4) is 0 Å². The van der Waals surface area contributed by atoms with Gasteiger partial charge in [-0.15, -0.1) is 27.1 Å². The number of rotatable bonds is 7. The van der Waals surface area contributed by atoms with Gasteiger partial charge in [-0.25, -0.2) is 4.68 Å². The maximum atomic E-state index is 12.5. The van der Waals surface area contributed by atoms with Gasteiger partial charge in [-0.05, 0) is 10.4 Å². The molecule has 0 saturated carbocycles. The molecule has 0 spiro atoms. The summed E-state index contributed by atoms with van der Waals surface area (Å²) in [6, 6.07) is -0.670. The number of hydrogen-bond acceptors (Lipinski definition) is 11. The molecule has 2 aliphatic rings. The molecule has 0 aliphatic carbocycles. The molecule has 28 heavy (non-hydrogen) atoms. The highest BCUT2D eigenvalue weighted by molar-refractivity contribution is 8.01. The first-order valence-corrected chi connectivity index (χ1v) is 10.9. The molecule has 148 valence electrons. The topological polar surface area (TPSA) is 156 Å². The molecule has 2 aromatic heterocycles. The number of fused-ring (bicyclic) bond motifs is 1. The second-order valence-electron chi connectivity index (χ2n) is 6.30. The maximum Gasteiger partial charge on any atom is 0.313 e. The second-order valence-corrected chi connectivity index (χ2v) is 9.46. The number of carboxylic acids is 1. The van der Waals surface area contributed by atoms with E-state index in [0.717, 1.165) is 0 Å². The largest absolute Gasteiger partial charge is 0.481 e. The molecular weight excluding hydrogens is 428 g/mol. The van der Waals surface area contributed by atoms with Crippen LogP contribution >= 0.6 is 34.9 Å². The summed E-state index contributed by atoms with van der Waals surface area (Å²) < 4.78 is 1.94. The highest BCUT2D eigenvalue weighted by atomic mass is 32.2. The van der Waals surface area contributed by atoms with Gasteiger partial charge in [0.15, 0.2) is 4.34 Å². The van der Waals surface area contributed by atoms with E-state index in [1.54, 1.807) is 5.51 Å². The van der Waals surface area contributed by atoms with E-state index in [2.05, 4.69) is 31.0 Å². The Morgan fingerprint density at radius 1 is 1.43 bits per heavy atom. The van der Waals surface area contributed by atoms with Gasteiger partial charge < -0.3 is 15.3 Å². The van der Waals surface area contributed by atoms with Crippen molar-refractivity contribution in [2.75, 3.05) is 18.1 Å². The third kappa shape index (κ3) is 3.56. The quantitative estimate of drug-likeness (QED) is 0.392. The van der Waals surface area contributed by atoms with Gasteiger partial charge in [0.05, 0.1) is 0 Å². The predicted molar refractivity (Wildman–Crippen MR) is 98.4 cm³/mol. The Balaban J connectivity index is 1.37. The van der Waals surface area contributed by atoms with Crippen molar-refractivity contribution in [1.29, 1.82) is 0 Å². The monoisotopic (exact) mass is 442 g/mol. The minimum atomic E-state index is -1.07. The molecule has 2 amide bonds. The van der Waals surface area contributed by atoms with Crippen LogP contribution in [0.1, 0.15) is 0 Å². The van der Waals surface area contributed by atoms with E-state index >= 15 is 0 Å². The molecule has 0 bridgehead atoms. The lowest BCUT2D eigenvalue weighted by molar-refractivity contribution is -0.157. The van der Waals surface area contributed by atoms with Crippen LogP contribution in [-0.4, -0.2) is 87.7 Å². The van der Waals surface area contributed by atoms with Crippen LogP contribution in [0.15, 0.2) is 16.2 Å². The number of nitrogens with one attached hydrogen (secondary N) is 1. The third-order valence-electron chi connectivity index (χ3n) is 4.42. The lowest BCUT2D eigenvalue weighted by Crippen LogP contribution is -2.74. The first-order chi connectivity index (χ1) is 13.5. The fourth-order valence-electron chi connectivity index (χ4n) is 2.95. The fraction of sp³-hybridized carbons (Fsp3) is 0.538. The Morgan fingerprint density at radius 2 is 2.29 bits per heavy atom. The third-order valence-corrected chi connectivity index (χ3v) is 8.16. The number of tetrazole rings is 1. The summed E-state index contributed by atoms with van der Waals surface area (Å²) in [5.74, 6) is -0.990. The molecule has 0 radical (unpaired) electrons. The van der Waals surface area contributed by atoms with E-state index in [-0.39, 0.29) is 36.0 Å². The summed E-state index contributed by atoms with van der Waals surface area (Å²) >= 11 is 4.03. The summed E-state index contributed by atoms with van der Waals surface area (Å²) in [6.45, 7) is 0.00965. The zero-order valence-corrected chi connectivity index (χ0v) is 16.6. The maximum absolute atomic E-state index is 12.5. The van der Waals surface area contributed by atoms with E-state index in [9.17, 15) is 19.5 Å². The van der Waals surface area contributed by atoms with Gasteiger partial charge in [0.2, 0.25) is 11.8 Å². The van der Waals surface area contributed by atoms with Gasteiger partial charge in [0, 0.05) is 18.1 Å². The highest BCUT2D eigenvalue weighted by Gasteiger charge is 2.57. The highest BCUT2D eigenvalue weighted by Crippen LogP contribution is 2.44. The van der Waals surface area contributed by atoms with Crippen molar-refractivity contribution in [3.05, 3.63) is 11.8 Å². The SMILES string of the molecule is O=C(Cn1cnnn1)NC1C(=O)N2CC(CSc3nncs3)(C(=O)O)CS[C@H]12. The average Bonchev–Trinajstić information content (AvgIpc) is 3.38. The molecular formula is C13H14N8O4S3. The number of thioether (sulfide) groups is 2. The predicted octanol–water partition coefficient (Wildman–Crippen LogP) is -1.21. The summed E-state index contributed by atoms with van der Waals surface area (Å²) in [6.07, 6.45) is 1.31. The van der Waals surface area contributed by atoms with Gasteiger partial charge in [0.25, 0.3) is 0 Å². The zero-order valence-electron chi connectivity index (χ0n) is 14.2. The average molecular weight is 443 g/mol. The molecule has 0 aromatic carbocycles. The molecule has 2 unspecified atom stereocenters. The number of carbonyl (C=O) groups is 3. The number of β-lactam (4-membered cyclic amide) rings is 1. The lowest BCUT2D eigenvalue weighted by atomic mass is 9.89. The number of nitrogens with zero attached hydrogens (tertiary/aromatic N) is 7. The summed E-state index contributed by atoms with van der Waals surface area (Å²) in [5, 5.41) is 30.4. The molecule has 2 aliphatic heterocycles. The molecule has 3 atom stereocenters. The van der Waals surface area contributed by atoms with E-state index in [1.165, 1.54) is 50.8 Å². The number of aromatic nitrogens is 6. The van der Waals surface area contributed by atoms with E-state index in [1.807, 2.05) is 0 Å². The molecule has 2 aromatic rings. The van der Waals surface area contributed by atoms with Crippen molar-refractivity contribution in [2.45, 2.75) is 22.3 Å². The van der Waals surface area contributed by atoms with Crippen molar-refractivity contribution in [3.8, 4) is 0 Å². The molecule has 2 N–H and O–H groups in total. The summed E-state index contributed by atoms with van der Waals surface area (Å²) in [5.41, 5.74) is 0.511. The van der Waals surface area contributed by atoms with Crippen LogP contribution in [0.4, 0.5) is 0 Å². The Hall–Kier alpha value is -2.26. The molecule has 12 nitrogen and oxygen atoms in total. The first-order valence-electron chi connectivity index (χ1n) is 8.03. The Morgan fingerprint density at radius 3 is 2.96 bits per heavy atom. The van der Waals surface area contributed by atoms with Crippen LogP contribution in [-0.2, 0) is 20.9 Å². The van der Waals surface area contributed by atoms with Crippen molar-refractivity contribution in [2.24, 2.45) is 5.41 Å². The van der Waals surface area contributed by atoms with Crippen LogP contribution < -0.4 is 5.32 Å².